The number of rotatable bonds is 3. The fourth-order valence-electron chi connectivity index (χ4n) is 1.74. The van der Waals surface area contributed by atoms with Crippen LogP contribution in [0.5, 0.6) is 0 Å². The maximum atomic E-state index is 5.09. The molecule has 0 fully saturated rings. The zero-order valence-corrected chi connectivity index (χ0v) is 9.40. The van der Waals surface area contributed by atoms with Crippen LogP contribution in [0.15, 0.2) is 24.5 Å². The van der Waals surface area contributed by atoms with Crippen molar-refractivity contribution in [3.8, 4) is 0 Å². The SMILES string of the molecule is COCc1ccc2c(C(C)C)cnn2c1. The van der Waals surface area contributed by atoms with Gasteiger partial charge in [0, 0.05) is 18.9 Å². The average Bonchev–Trinajstić information content (AvgIpc) is 2.61. The predicted octanol–water partition coefficient (Wildman–Crippen LogP) is 2.60. The van der Waals surface area contributed by atoms with E-state index in [1.807, 2.05) is 16.9 Å². The van der Waals surface area contributed by atoms with Gasteiger partial charge in [-0.25, -0.2) is 4.52 Å². The molecule has 0 amide bonds. The Hall–Kier alpha value is -1.35. The molecule has 3 heteroatoms. The molecule has 0 aliphatic carbocycles. The highest BCUT2D eigenvalue weighted by molar-refractivity contribution is 5.55. The Balaban J connectivity index is 2.47. The van der Waals surface area contributed by atoms with Crippen molar-refractivity contribution in [1.29, 1.82) is 0 Å². The summed E-state index contributed by atoms with van der Waals surface area (Å²) in [4.78, 5) is 0. The van der Waals surface area contributed by atoms with Crippen LogP contribution >= 0.6 is 0 Å². The molecule has 2 heterocycles. The Morgan fingerprint density at radius 3 is 2.87 bits per heavy atom. The second-order valence-electron chi connectivity index (χ2n) is 4.05. The molecule has 0 spiro atoms. The molecule has 80 valence electrons. The van der Waals surface area contributed by atoms with Gasteiger partial charge >= 0.3 is 0 Å². The number of hydrogen-bond donors (Lipinski definition) is 0. The van der Waals surface area contributed by atoms with Crippen molar-refractivity contribution in [2.45, 2.75) is 26.4 Å². The van der Waals surface area contributed by atoms with E-state index in [1.165, 1.54) is 11.1 Å². The molecule has 0 atom stereocenters. The topological polar surface area (TPSA) is 26.5 Å². The summed E-state index contributed by atoms with van der Waals surface area (Å²) in [7, 11) is 1.70. The van der Waals surface area contributed by atoms with Gasteiger partial charge in [-0.3, -0.25) is 0 Å². The van der Waals surface area contributed by atoms with Crippen molar-refractivity contribution >= 4 is 5.52 Å². The molecule has 0 aliphatic heterocycles. The fourth-order valence-corrected chi connectivity index (χ4v) is 1.74. The summed E-state index contributed by atoms with van der Waals surface area (Å²) in [6.45, 7) is 4.99. The van der Waals surface area contributed by atoms with Crippen LogP contribution in [0.25, 0.3) is 5.52 Å². The highest BCUT2D eigenvalue weighted by atomic mass is 16.5. The minimum Gasteiger partial charge on any atom is -0.380 e. The van der Waals surface area contributed by atoms with Gasteiger partial charge in [0.1, 0.15) is 0 Å². The Bertz CT molecular complexity index is 460. The molecule has 0 bridgehead atoms. The predicted molar refractivity (Wildman–Crippen MR) is 60.0 cm³/mol. The van der Waals surface area contributed by atoms with Gasteiger partial charge < -0.3 is 4.74 Å². The van der Waals surface area contributed by atoms with Crippen molar-refractivity contribution in [2.24, 2.45) is 0 Å². The van der Waals surface area contributed by atoms with Gasteiger partial charge in [-0.05, 0) is 17.5 Å². The van der Waals surface area contributed by atoms with E-state index in [-0.39, 0.29) is 0 Å². The first-order valence-corrected chi connectivity index (χ1v) is 5.17. The summed E-state index contributed by atoms with van der Waals surface area (Å²) in [5.74, 6) is 0.510. The quantitative estimate of drug-likeness (QED) is 0.768. The van der Waals surface area contributed by atoms with E-state index in [0.29, 0.717) is 12.5 Å². The normalized spacial score (nSPS) is 11.5. The zero-order valence-electron chi connectivity index (χ0n) is 9.40. The van der Waals surface area contributed by atoms with Gasteiger partial charge in [0.15, 0.2) is 0 Å². The minimum absolute atomic E-state index is 0.510. The van der Waals surface area contributed by atoms with Crippen LogP contribution in [-0.2, 0) is 11.3 Å². The number of nitrogens with zero attached hydrogens (tertiary/aromatic N) is 2. The Kier molecular flexibility index (Phi) is 2.73. The molecule has 0 unspecified atom stereocenters. The van der Waals surface area contributed by atoms with E-state index in [9.17, 15) is 0 Å². The lowest BCUT2D eigenvalue weighted by atomic mass is 10.1. The number of aromatic nitrogens is 2. The van der Waals surface area contributed by atoms with Crippen LogP contribution in [0, 0.1) is 0 Å². The van der Waals surface area contributed by atoms with E-state index in [2.05, 4.69) is 31.1 Å². The number of hydrogen-bond acceptors (Lipinski definition) is 2. The van der Waals surface area contributed by atoms with Gasteiger partial charge in [-0.1, -0.05) is 19.9 Å². The first kappa shape index (κ1) is 10.2. The monoisotopic (exact) mass is 204 g/mol. The molecule has 15 heavy (non-hydrogen) atoms. The van der Waals surface area contributed by atoms with Gasteiger partial charge in [0.05, 0.1) is 18.3 Å². The van der Waals surface area contributed by atoms with Crippen LogP contribution in [0.4, 0.5) is 0 Å². The van der Waals surface area contributed by atoms with Gasteiger partial charge in [-0.15, -0.1) is 0 Å². The number of ether oxygens (including phenoxy) is 1. The molecule has 2 rings (SSSR count). The Morgan fingerprint density at radius 2 is 2.20 bits per heavy atom. The van der Waals surface area contributed by atoms with Crippen molar-refractivity contribution < 1.29 is 4.74 Å². The molecule has 0 aliphatic rings. The Labute approximate surface area is 89.7 Å². The van der Waals surface area contributed by atoms with Crippen molar-refractivity contribution in [3.05, 3.63) is 35.7 Å². The maximum Gasteiger partial charge on any atom is 0.0728 e. The number of methoxy groups -OCH3 is 1. The molecule has 2 aromatic heterocycles. The molecular formula is C12H16N2O. The van der Waals surface area contributed by atoms with Crippen LogP contribution in [0.2, 0.25) is 0 Å². The largest absolute Gasteiger partial charge is 0.380 e. The molecular weight excluding hydrogens is 188 g/mol. The molecule has 0 N–H and O–H groups in total. The summed E-state index contributed by atoms with van der Waals surface area (Å²) >= 11 is 0. The van der Waals surface area contributed by atoms with Crippen LogP contribution in [-0.4, -0.2) is 16.7 Å². The van der Waals surface area contributed by atoms with Gasteiger partial charge in [0.25, 0.3) is 0 Å². The second-order valence-corrected chi connectivity index (χ2v) is 4.05. The van der Waals surface area contributed by atoms with Crippen molar-refractivity contribution in [2.75, 3.05) is 7.11 Å². The van der Waals surface area contributed by atoms with E-state index in [4.69, 9.17) is 4.74 Å². The average molecular weight is 204 g/mol. The third kappa shape index (κ3) is 1.88. The highest BCUT2D eigenvalue weighted by Crippen LogP contribution is 2.20. The molecule has 0 saturated carbocycles. The first-order valence-electron chi connectivity index (χ1n) is 5.17. The summed E-state index contributed by atoms with van der Waals surface area (Å²) < 4.78 is 7.01. The summed E-state index contributed by atoms with van der Waals surface area (Å²) in [5, 5.41) is 4.34. The Morgan fingerprint density at radius 1 is 1.40 bits per heavy atom. The lowest BCUT2D eigenvalue weighted by molar-refractivity contribution is 0.184. The summed E-state index contributed by atoms with van der Waals surface area (Å²) in [6.07, 6.45) is 3.96. The highest BCUT2D eigenvalue weighted by Gasteiger charge is 2.07. The smallest absolute Gasteiger partial charge is 0.0728 e. The van der Waals surface area contributed by atoms with Gasteiger partial charge in [-0.2, -0.15) is 5.10 Å². The number of fused-ring (bicyclic) bond motifs is 1. The molecule has 0 radical (unpaired) electrons. The van der Waals surface area contributed by atoms with E-state index < -0.39 is 0 Å². The van der Waals surface area contributed by atoms with Crippen molar-refractivity contribution in [1.82, 2.24) is 9.61 Å². The number of pyridine rings is 1. The summed E-state index contributed by atoms with van der Waals surface area (Å²) in [5.41, 5.74) is 3.62. The first-order chi connectivity index (χ1) is 7.22. The van der Waals surface area contributed by atoms with E-state index in [0.717, 1.165) is 5.56 Å². The fraction of sp³-hybridized carbons (Fsp3) is 0.417. The third-order valence-electron chi connectivity index (χ3n) is 2.54. The standard InChI is InChI=1S/C12H16N2O/c1-9(2)11-6-13-14-7-10(8-15-3)4-5-12(11)14/h4-7,9H,8H2,1-3H3. The molecule has 2 aromatic rings. The minimum atomic E-state index is 0.510. The maximum absolute atomic E-state index is 5.09. The second kappa shape index (κ2) is 4.03. The van der Waals surface area contributed by atoms with Crippen LogP contribution < -0.4 is 0 Å². The van der Waals surface area contributed by atoms with Crippen molar-refractivity contribution in [3.63, 3.8) is 0 Å². The zero-order chi connectivity index (χ0) is 10.8. The molecule has 3 nitrogen and oxygen atoms in total. The van der Waals surface area contributed by atoms with Crippen LogP contribution in [0.1, 0.15) is 30.9 Å². The lowest BCUT2D eigenvalue weighted by Gasteiger charge is -2.03. The third-order valence-corrected chi connectivity index (χ3v) is 2.54. The van der Waals surface area contributed by atoms with E-state index >= 15 is 0 Å². The molecule has 0 aromatic carbocycles. The summed E-state index contributed by atoms with van der Waals surface area (Å²) in [6, 6.07) is 4.20. The van der Waals surface area contributed by atoms with Gasteiger partial charge in [0.2, 0.25) is 0 Å². The lowest BCUT2D eigenvalue weighted by Crippen LogP contribution is -1.94. The van der Waals surface area contributed by atoms with Crippen LogP contribution in [0.3, 0.4) is 0 Å². The molecule has 0 saturated heterocycles. The van der Waals surface area contributed by atoms with E-state index in [1.54, 1.807) is 7.11 Å².